The first-order chi connectivity index (χ1) is 17.9. The predicted molar refractivity (Wildman–Crippen MR) is 149 cm³/mol. The van der Waals surface area contributed by atoms with Crippen LogP contribution in [-0.4, -0.2) is 83.4 Å². The van der Waals surface area contributed by atoms with Gasteiger partial charge in [-0.25, -0.2) is 4.98 Å². The molecule has 7 rings (SSSR count). The molecule has 0 unspecified atom stereocenters. The molecule has 2 aromatic carbocycles. The number of phenols is 1. The number of rotatable bonds is 4. The quantitative estimate of drug-likeness (QED) is 0.423. The number of phenolic OH excluding ortho intramolecular Hbond substituents is 1. The number of aromatic hydroxyl groups is 1. The molecular weight excluding hydrogens is 486 g/mol. The summed E-state index contributed by atoms with van der Waals surface area (Å²) in [5.74, 6) is 1.81. The topological polar surface area (TPSA) is 80.7 Å². The molecule has 5 heterocycles. The summed E-state index contributed by atoms with van der Waals surface area (Å²) in [6, 6.07) is 14.9. The van der Waals surface area contributed by atoms with Crippen molar-refractivity contribution in [3.05, 3.63) is 47.5 Å². The Kier molecular flexibility index (Phi) is 5.39. The molecule has 0 amide bonds. The summed E-state index contributed by atoms with van der Waals surface area (Å²) in [4.78, 5) is 21.9. The molecule has 2 atom stereocenters. The summed E-state index contributed by atoms with van der Waals surface area (Å²) in [5, 5.41) is 17.5. The summed E-state index contributed by atoms with van der Waals surface area (Å²) in [6.07, 6.45) is 2.39. The zero-order valence-electron chi connectivity index (χ0n) is 21.0. The molecule has 2 N–H and O–H groups in total. The number of nitrogens with one attached hydrogen (secondary N) is 1. The van der Waals surface area contributed by atoms with Crippen LogP contribution in [0.3, 0.4) is 0 Å². The molecule has 3 fully saturated rings. The second kappa shape index (κ2) is 8.68. The number of fused-ring (bicyclic) bond motifs is 4. The second-order valence-electron chi connectivity index (χ2n) is 10.8. The Hall–Kier alpha value is -3.20. The first-order valence-electron chi connectivity index (χ1n) is 13.0. The summed E-state index contributed by atoms with van der Waals surface area (Å²) >= 11 is 6.92. The first-order valence-corrected chi connectivity index (χ1v) is 13.3. The highest BCUT2D eigenvalue weighted by molar-refractivity contribution is 6.34. The lowest BCUT2D eigenvalue weighted by Crippen LogP contribution is -2.58. The van der Waals surface area contributed by atoms with Gasteiger partial charge in [-0.3, -0.25) is 0 Å². The molecule has 3 aliphatic rings. The highest BCUT2D eigenvalue weighted by Crippen LogP contribution is 2.39. The number of halogens is 1. The Bertz CT molecular complexity index is 1510. The second-order valence-corrected chi connectivity index (χ2v) is 11.2. The predicted octanol–water partition coefficient (Wildman–Crippen LogP) is 3.89. The smallest absolute Gasteiger partial charge is 0.229 e. The number of hydrogen-bond donors (Lipinski definition) is 2. The van der Waals surface area contributed by atoms with Gasteiger partial charge in [0.25, 0.3) is 0 Å². The number of aromatic nitrogens is 3. The molecule has 3 aliphatic heterocycles. The molecule has 3 saturated heterocycles. The number of pyridine rings is 1. The van der Waals surface area contributed by atoms with Crippen LogP contribution in [0.2, 0.25) is 5.02 Å². The van der Waals surface area contributed by atoms with Crippen LogP contribution < -0.4 is 15.1 Å². The average Bonchev–Trinajstić information content (AvgIpc) is 3.19. The summed E-state index contributed by atoms with van der Waals surface area (Å²) in [5.41, 5.74) is 2.04. The number of nitrogens with zero attached hydrogens (tertiary/aromatic N) is 6. The number of benzene rings is 2. The van der Waals surface area contributed by atoms with Gasteiger partial charge in [-0.05, 0) is 55.9 Å². The molecular formula is C28H30ClN7O. The molecule has 0 spiro atoms. The van der Waals surface area contributed by atoms with E-state index in [4.69, 9.17) is 26.6 Å². The van der Waals surface area contributed by atoms with E-state index in [9.17, 15) is 5.11 Å². The Balaban J connectivity index is 1.39. The molecule has 37 heavy (non-hydrogen) atoms. The van der Waals surface area contributed by atoms with Crippen molar-refractivity contribution in [3.8, 4) is 17.0 Å². The minimum atomic E-state index is 0.183. The van der Waals surface area contributed by atoms with Gasteiger partial charge in [-0.1, -0.05) is 35.9 Å². The van der Waals surface area contributed by atoms with Crippen LogP contribution in [-0.2, 0) is 0 Å². The minimum Gasteiger partial charge on any atom is -0.508 e. The van der Waals surface area contributed by atoms with E-state index in [2.05, 4.69) is 34.1 Å². The number of hydrogen-bond acceptors (Lipinski definition) is 8. The van der Waals surface area contributed by atoms with Gasteiger partial charge in [-0.2, -0.15) is 9.97 Å². The van der Waals surface area contributed by atoms with Crippen molar-refractivity contribution in [1.82, 2.24) is 25.2 Å². The first kappa shape index (κ1) is 23.0. The molecule has 0 radical (unpaired) electrons. The highest BCUT2D eigenvalue weighted by atomic mass is 35.5. The molecule has 9 heteroatoms. The maximum atomic E-state index is 10.5. The molecule has 4 aromatic rings. The van der Waals surface area contributed by atoms with Gasteiger partial charge in [0.15, 0.2) is 5.65 Å². The third kappa shape index (κ3) is 3.95. The Morgan fingerprint density at radius 2 is 1.68 bits per heavy atom. The van der Waals surface area contributed by atoms with Crippen LogP contribution in [0.15, 0.2) is 42.5 Å². The maximum absolute atomic E-state index is 10.5. The van der Waals surface area contributed by atoms with Crippen LogP contribution in [0.25, 0.3) is 33.1 Å². The van der Waals surface area contributed by atoms with Crippen LogP contribution >= 0.6 is 11.6 Å². The summed E-state index contributed by atoms with van der Waals surface area (Å²) in [6.45, 7) is 3.61. The average molecular weight is 516 g/mol. The van der Waals surface area contributed by atoms with E-state index in [0.717, 1.165) is 53.7 Å². The zero-order chi connectivity index (χ0) is 25.3. The molecule has 0 saturated carbocycles. The van der Waals surface area contributed by atoms with Crippen molar-refractivity contribution in [2.24, 2.45) is 0 Å². The fraction of sp³-hybridized carbons (Fsp3) is 0.393. The standard InChI is InChI=1S/C28H30ClN7O/c1-34(2)19-14-36(15-19)28-32-26-23(27(33-28)35-12-17-7-8-18(13-35)30-17)11-24(29)25(31-26)22-10-20(37)9-16-5-3-4-6-21(16)22/h3-6,9-11,17-19,30,37H,7-8,12-15H2,1-2H3/t17-,18+. The van der Waals surface area contributed by atoms with E-state index in [1.54, 1.807) is 12.1 Å². The summed E-state index contributed by atoms with van der Waals surface area (Å²) < 4.78 is 0. The van der Waals surface area contributed by atoms with Crippen molar-refractivity contribution in [3.63, 3.8) is 0 Å². The van der Waals surface area contributed by atoms with Crippen molar-refractivity contribution >= 4 is 45.2 Å². The van der Waals surface area contributed by atoms with E-state index in [0.29, 0.717) is 40.4 Å². The van der Waals surface area contributed by atoms with Crippen LogP contribution in [0.4, 0.5) is 11.8 Å². The van der Waals surface area contributed by atoms with E-state index >= 15 is 0 Å². The van der Waals surface area contributed by atoms with Gasteiger partial charge >= 0.3 is 0 Å². The fourth-order valence-corrected chi connectivity index (χ4v) is 6.23. The number of anilines is 2. The van der Waals surface area contributed by atoms with Crippen molar-refractivity contribution in [2.75, 3.05) is 50.1 Å². The van der Waals surface area contributed by atoms with E-state index in [-0.39, 0.29) is 5.75 Å². The Labute approximate surface area is 220 Å². The Morgan fingerprint density at radius 3 is 2.43 bits per heavy atom. The largest absolute Gasteiger partial charge is 0.508 e. The fourth-order valence-electron chi connectivity index (χ4n) is 5.98. The molecule has 0 aliphatic carbocycles. The van der Waals surface area contributed by atoms with Crippen LogP contribution in [0.5, 0.6) is 5.75 Å². The van der Waals surface area contributed by atoms with Crippen LogP contribution in [0, 0.1) is 0 Å². The SMILES string of the molecule is CN(C)C1CN(c2nc(N3C[C@H]4CC[C@@H](C3)N4)c3cc(Cl)c(-c4cc(O)cc5ccccc45)nc3n2)C1. The van der Waals surface area contributed by atoms with Gasteiger partial charge in [-0.15, -0.1) is 0 Å². The number of likely N-dealkylation sites (N-methyl/N-ethyl adjacent to an activating group) is 1. The monoisotopic (exact) mass is 515 g/mol. The van der Waals surface area contributed by atoms with Gasteiger partial charge in [0.05, 0.1) is 16.1 Å². The molecule has 2 aromatic heterocycles. The number of piperazine rings is 1. The summed E-state index contributed by atoms with van der Waals surface area (Å²) in [7, 11) is 4.22. The van der Waals surface area contributed by atoms with Crippen molar-refractivity contribution < 1.29 is 5.11 Å². The van der Waals surface area contributed by atoms with Crippen LogP contribution in [0.1, 0.15) is 12.8 Å². The minimum absolute atomic E-state index is 0.183. The van der Waals surface area contributed by atoms with Crippen molar-refractivity contribution in [2.45, 2.75) is 31.0 Å². The van der Waals surface area contributed by atoms with Gasteiger partial charge in [0.1, 0.15) is 11.6 Å². The third-order valence-corrected chi connectivity index (χ3v) is 8.39. The van der Waals surface area contributed by atoms with Gasteiger partial charge in [0.2, 0.25) is 5.95 Å². The van der Waals surface area contributed by atoms with E-state index in [1.807, 2.05) is 30.3 Å². The zero-order valence-corrected chi connectivity index (χ0v) is 21.8. The van der Waals surface area contributed by atoms with E-state index < -0.39 is 0 Å². The van der Waals surface area contributed by atoms with Gasteiger partial charge < -0.3 is 25.1 Å². The lowest BCUT2D eigenvalue weighted by molar-refractivity contribution is 0.245. The molecule has 8 nitrogen and oxygen atoms in total. The Morgan fingerprint density at radius 1 is 0.919 bits per heavy atom. The van der Waals surface area contributed by atoms with E-state index in [1.165, 1.54) is 12.8 Å². The molecule has 190 valence electrons. The third-order valence-electron chi connectivity index (χ3n) is 8.10. The highest BCUT2D eigenvalue weighted by Gasteiger charge is 2.35. The lowest BCUT2D eigenvalue weighted by atomic mass is 10.0. The lowest BCUT2D eigenvalue weighted by Gasteiger charge is -2.43. The molecule has 2 bridgehead atoms. The maximum Gasteiger partial charge on any atom is 0.229 e. The normalized spacial score (nSPS) is 21.8. The van der Waals surface area contributed by atoms with Crippen molar-refractivity contribution in [1.29, 1.82) is 0 Å². The van der Waals surface area contributed by atoms with Gasteiger partial charge in [0, 0.05) is 49.9 Å².